The van der Waals surface area contributed by atoms with Gasteiger partial charge in [-0.25, -0.2) is 8.78 Å². The summed E-state index contributed by atoms with van der Waals surface area (Å²) in [7, 11) is 1.62. The largest absolute Gasteiger partial charge is 0.497 e. The van der Waals surface area contributed by atoms with Gasteiger partial charge < -0.3 is 9.47 Å². The summed E-state index contributed by atoms with van der Waals surface area (Å²) < 4.78 is 40.1. The van der Waals surface area contributed by atoms with Crippen LogP contribution in [0.4, 0.5) is 8.78 Å². The van der Waals surface area contributed by atoms with Gasteiger partial charge >= 0.3 is 0 Å². The van der Waals surface area contributed by atoms with E-state index >= 15 is 0 Å². The van der Waals surface area contributed by atoms with Crippen LogP contribution in [0, 0.1) is 11.7 Å². The number of hydrogen-bond donors (Lipinski definition) is 1. The third-order valence-corrected chi connectivity index (χ3v) is 6.01. The average molecular weight is 440 g/mol. The van der Waals surface area contributed by atoms with Gasteiger partial charge in [-0.3, -0.25) is 4.84 Å². The number of fused-ring (bicyclic) bond motifs is 1. The summed E-state index contributed by atoms with van der Waals surface area (Å²) >= 11 is 3.47. The van der Waals surface area contributed by atoms with Gasteiger partial charge in [0.2, 0.25) is 0 Å². The van der Waals surface area contributed by atoms with Crippen molar-refractivity contribution >= 4 is 15.9 Å². The minimum absolute atomic E-state index is 0.0218. The lowest BCUT2D eigenvalue weighted by molar-refractivity contribution is 0.00720. The van der Waals surface area contributed by atoms with Crippen molar-refractivity contribution in [3.05, 3.63) is 63.4 Å². The molecule has 3 atom stereocenters. The number of nitrogens with one attached hydrogen (secondary N) is 1. The maximum atomic E-state index is 14.8. The maximum Gasteiger partial charge on any atom is 0.128 e. The first-order chi connectivity index (χ1) is 13.1. The molecule has 0 radical (unpaired) electrons. The number of hydrogen-bond acceptors (Lipinski definition) is 4. The summed E-state index contributed by atoms with van der Waals surface area (Å²) in [6.45, 7) is -0.0827. The van der Waals surface area contributed by atoms with Gasteiger partial charge in [0.15, 0.2) is 0 Å². The Balaban J connectivity index is 1.45. The summed E-state index contributed by atoms with van der Waals surface area (Å²) in [5.41, 5.74) is 3.58. The van der Waals surface area contributed by atoms with Crippen LogP contribution < -0.4 is 10.2 Å². The number of methoxy groups -OCH3 is 1. The third-order valence-electron chi connectivity index (χ3n) is 5.27. The molecule has 4 rings (SSSR count). The van der Waals surface area contributed by atoms with Gasteiger partial charge in [0.25, 0.3) is 0 Å². The number of benzene rings is 2. The Morgan fingerprint density at radius 3 is 2.63 bits per heavy atom. The lowest BCUT2D eigenvalue weighted by Crippen LogP contribution is -2.43. The van der Waals surface area contributed by atoms with Crippen LogP contribution in [0.3, 0.4) is 0 Å². The molecule has 27 heavy (non-hydrogen) atoms. The minimum atomic E-state index is -1.10. The molecule has 0 amide bonds. The van der Waals surface area contributed by atoms with Crippen LogP contribution >= 0.6 is 15.9 Å². The number of rotatable bonds is 7. The predicted molar refractivity (Wildman–Crippen MR) is 99.4 cm³/mol. The van der Waals surface area contributed by atoms with Crippen LogP contribution in [-0.4, -0.2) is 19.9 Å². The predicted octanol–water partition coefficient (Wildman–Crippen LogP) is 4.40. The topological polar surface area (TPSA) is 39.7 Å². The number of ether oxygens (including phenoxy) is 2. The summed E-state index contributed by atoms with van der Waals surface area (Å²) in [5.74, 6) is 0.298. The Hall–Kier alpha value is -1.54. The minimum Gasteiger partial charge on any atom is -0.497 e. The summed E-state index contributed by atoms with van der Waals surface area (Å²) in [6, 6.07) is 10.6. The van der Waals surface area contributed by atoms with E-state index in [0.717, 1.165) is 17.7 Å². The van der Waals surface area contributed by atoms with Crippen LogP contribution in [0.15, 0.2) is 40.9 Å². The van der Waals surface area contributed by atoms with E-state index in [1.807, 2.05) is 24.3 Å². The highest BCUT2D eigenvalue weighted by molar-refractivity contribution is 9.10. The second kappa shape index (κ2) is 7.47. The van der Waals surface area contributed by atoms with Crippen molar-refractivity contribution in [2.75, 3.05) is 13.8 Å². The van der Waals surface area contributed by atoms with E-state index in [1.54, 1.807) is 13.2 Å². The van der Waals surface area contributed by atoms with Gasteiger partial charge in [-0.15, -0.1) is 0 Å². The third kappa shape index (κ3) is 3.49. The molecule has 2 aliphatic rings. The number of hydroxylamine groups is 1. The molecule has 3 unspecified atom stereocenters. The van der Waals surface area contributed by atoms with Crippen molar-refractivity contribution in [1.29, 1.82) is 0 Å². The van der Waals surface area contributed by atoms with E-state index in [-0.39, 0.29) is 18.6 Å². The lowest BCUT2D eigenvalue weighted by Gasteiger charge is -2.28. The second-order valence-electron chi connectivity index (χ2n) is 6.97. The quantitative estimate of drug-likeness (QED) is 0.693. The maximum absolute atomic E-state index is 14.8. The molecule has 1 saturated heterocycles. The van der Waals surface area contributed by atoms with Gasteiger partial charge in [-0.2, -0.15) is 5.48 Å². The van der Waals surface area contributed by atoms with E-state index in [9.17, 15) is 8.78 Å². The van der Waals surface area contributed by atoms with Crippen molar-refractivity contribution in [2.45, 2.75) is 31.3 Å². The molecule has 1 aliphatic heterocycles. The van der Waals surface area contributed by atoms with Crippen molar-refractivity contribution in [1.82, 2.24) is 5.48 Å². The van der Waals surface area contributed by atoms with E-state index in [1.165, 1.54) is 6.07 Å². The van der Waals surface area contributed by atoms with Crippen LogP contribution in [0.1, 0.15) is 23.1 Å². The van der Waals surface area contributed by atoms with Gasteiger partial charge in [0, 0.05) is 16.0 Å². The van der Waals surface area contributed by atoms with E-state index < -0.39 is 18.0 Å². The first-order valence-electron chi connectivity index (χ1n) is 8.75. The first-order valence-corrected chi connectivity index (χ1v) is 9.54. The molecule has 7 heteroatoms. The van der Waals surface area contributed by atoms with E-state index in [4.69, 9.17) is 14.3 Å². The van der Waals surface area contributed by atoms with E-state index in [0.29, 0.717) is 22.2 Å². The Labute approximate surface area is 164 Å². The van der Waals surface area contributed by atoms with Crippen LogP contribution in [-0.2, 0) is 28.3 Å². The summed E-state index contributed by atoms with van der Waals surface area (Å²) in [6.07, 6.45) is 0.729. The Morgan fingerprint density at radius 2 is 2.04 bits per heavy atom. The molecule has 4 nitrogen and oxygen atoms in total. The highest BCUT2D eigenvalue weighted by atomic mass is 79.9. The smallest absolute Gasteiger partial charge is 0.128 e. The fourth-order valence-corrected chi connectivity index (χ4v) is 4.03. The molecular formula is C20H20BrF2NO3. The van der Waals surface area contributed by atoms with Crippen molar-refractivity contribution in [3.63, 3.8) is 0 Å². The monoisotopic (exact) mass is 439 g/mol. The highest BCUT2D eigenvalue weighted by Gasteiger charge is 2.62. The zero-order valence-electron chi connectivity index (χ0n) is 14.8. The number of alkyl halides is 1. The van der Waals surface area contributed by atoms with Crippen molar-refractivity contribution in [3.8, 4) is 5.75 Å². The molecule has 2 aromatic carbocycles. The molecule has 144 valence electrons. The van der Waals surface area contributed by atoms with E-state index in [2.05, 4.69) is 21.4 Å². The zero-order valence-corrected chi connectivity index (χ0v) is 16.4. The van der Waals surface area contributed by atoms with Gasteiger partial charge in [0.1, 0.15) is 23.8 Å². The molecular weight excluding hydrogens is 420 g/mol. The Morgan fingerprint density at radius 1 is 1.26 bits per heavy atom. The summed E-state index contributed by atoms with van der Waals surface area (Å²) in [5, 5.41) is 0. The highest BCUT2D eigenvalue weighted by Crippen LogP contribution is 2.53. The van der Waals surface area contributed by atoms with Crippen LogP contribution in [0.5, 0.6) is 5.75 Å². The number of halogens is 3. The molecule has 0 bridgehead atoms. The molecule has 1 heterocycles. The van der Waals surface area contributed by atoms with Gasteiger partial charge in [-0.05, 0) is 41.8 Å². The van der Waals surface area contributed by atoms with Gasteiger partial charge in [0.05, 0.1) is 26.4 Å². The molecule has 1 saturated carbocycles. The Kier molecular flexibility index (Phi) is 5.20. The molecule has 0 spiro atoms. The SMILES string of the molecule is COc1ccc(COCc2cc(F)c(C3(CF)NOC4CC43)cc2Br)cc1. The fraction of sp³-hybridized carbons (Fsp3) is 0.400. The second-order valence-corrected chi connectivity index (χ2v) is 7.82. The molecule has 1 aliphatic carbocycles. The fourth-order valence-electron chi connectivity index (χ4n) is 3.57. The zero-order chi connectivity index (χ0) is 19.0. The van der Waals surface area contributed by atoms with Gasteiger partial charge in [-0.1, -0.05) is 28.1 Å². The lowest BCUT2D eigenvalue weighted by atomic mass is 9.86. The standard InChI is InChI=1S/C20H20BrF2NO3/c1-25-14-4-2-12(3-5-14)9-26-10-13-6-18(23)15(7-17(13)21)20(11-22)16-8-19(16)27-24-20/h2-7,16,19,24H,8-11H2,1H3. The average Bonchev–Trinajstić information content (AvgIpc) is 3.39. The molecule has 1 N–H and O–H groups in total. The molecule has 0 aromatic heterocycles. The Bertz CT molecular complexity index is 833. The first kappa shape index (κ1) is 18.8. The van der Waals surface area contributed by atoms with Crippen molar-refractivity contribution < 1.29 is 23.1 Å². The van der Waals surface area contributed by atoms with Crippen molar-refractivity contribution in [2.24, 2.45) is 5.92 Å². The summed E-state index contributed by atoms with van der Waals surface area (Å²) in [4.78, 5) is 5.34. The normalized spacial score (nSPS) is 26.1. The van der Waals surface area contributed by atoms with Crippen LogP contribution in [0.2, 0.25) is 0 Å². The van der Waals surface area contributed by atoms with Crippen LogP contribution in [0.25, 0.3) is 0 Å². The molecule has 2 fully saturated rings. The molecule has 2 aromatic rings.